The molecule has 0 bridgehead atoms. The first kappa shape index (κ1) is 17.2. The Labute approximate surface area is 149 Å². The molecule has 0 aliphatic carbocycles. The van der Waals surface area contributed by atoms with Gasteiger partial charge in [-0.1, -0.05) is 0 Å². The molecule has 1 aliphatic rings. The molecule has 0 saturated carbocycles. The molecule has 25 heavy (non-hydrogen) atoms. The monoisotopic (exact) mass is 358 g/mol. The van der Waals surface area contributed by atoms with Crippen LogP contribution in [0.15, 0.2) is 41.3 Å². The van der Waals surface area contributed by atoms with E-state index in [4.69, 9.17) is 9.47 Å². The van der Waals surface area contributed by atoms with E-state index in [1.165, 1.54) is 11.8 Å². The molecule has 6 nitrogen and oxygen atoms in total. The number of amides is 2. The fourth-order valence-corrected chi connectivity index (χ4v) is 3.31. The van der Waals surface area contributed by atoms with E-state index in [1.807, 2.05) is 12.1 Å². The molecule has 0 radical (unpaired) electrons. The largest absolute Gasteiger partial charge is 0.497 e. The molecule has 0 fully saturated rings. The van der Waals surface area contributed by atoms with Crippen LogP contribution in [-0.2, 0) is 11.3 Å². The Morgan fingerprint density at radius 1 is 1.20 bits per heavy atom. The lowest BCUT2D eigenvalue weighted by molar-refractivity contribution is -0.113. The number of carbonyl (C=O) groups excluding carboxylic acids is 2. The number of hydrogen-bond acceptors (Lipinski definition) is 5. The fraction of sp³-hybridized carbons (Fsp3) is 0.222. The van der Waals surface area contributed by atoms with Gasteiger partial charge in [-0.25, -0.2) is 0 Å². The van der Waals surface area contributed by atoms with Gasteiger partial charge in [0.05, 0.1) is 25.7 Å². The van der Waals surface area contributed by atoms with Crippen molar-refractivity contribution in [1.82, 2.24) is 5.32 Å². The molecule has 2 amide bonds. The summed E-state index contributed by atoms with van der Waals surface area (Å²) in [5.41, 5.74) is 1.98. The molecule has 2 aromatic carbocycles. The fourth-order valence-electron chi connectivity index (χ4n) is 2.52. The highest BCUT2D eigenvalue weighted by atomic mass is 32.2. The molecule has 0 unspecified atom stereocenters. The molecule has 7 heteroatoms. The van der Waals surface area contributed by atoms with Crippen molar-refractivity contribution in [2.75, 3.05) is 25.3 Å². The third-order valence-electron chi connectivity index (χ3n) is 3.80. The van der Waals surface area contributed by atoms with Crippen LogP contribution in [0.4, 0.5) is 5.69 Å². The first-order chi connectivity index (χ1) is 12.1. The van der Waals surface area contributed by atoms with Gasteiger partial charge in [-0.2, -0.15) is 0 Å². The number of ether oxygens (including phenoxy) is 2. The topological polar surface area (TPSA) is 76.7 Å². The number of nitrogens with one attached hydrogen (secondary N) is 2. The third kappa shape index (κ3) is 3.88. The minimum absolute atomic E-state index is 0.0591. The van der Waals surface area contributed by atoms with Gasteiger partial charge >= 0.3 is 0 Å². The second-order valence-electron chi connectivity index (χ2n) is 5.41. The van der Waals surface area contributed by atoms with Crippen LogP contribution < -0.4 is 20.1 Å². The van der Waals surface area contributed by atoms with Crippen molar-refractivity contribution < 1.29 is 19.1 Å². The lowest BCUT2D eigenvalue weighted by Gasteiger charge is -2.17. The number of carbonyl (C=O) groups is 2. The maximum absolute atomic E-state index is 12.4. The summed E-state index contributed by atoms with van der Waals surface area (Å²) >= 11 is 1.46. The average molecular weight is 358 g/mol. The van der Waals surface area contributed by atoms with E-state index < -0.39 is 0 Å². The number of fused-ring (bicyclic) bond motifs is 1. The SMILES string of the molecule is COc1ccc(OC)c(CNC(=O)c2ccc3c(c2)NC(=O)CS3)c1. The number of anilines is 1. The van der Waals surface area contributed by atoms with Crippen molar-refractivity contribution in [2.24, 2.45) is 0 Å². The van der Waals surface area contributed by atoms with Gasteiger partial charge in [0, 0.05) is 22.6 Å². The first-order valence-corrected chi connectivity index (χ1v) is 8.65. The summed E-state index contributed by atoms with van der Waals surface area (Å²) in [5.74, 6) is 1.48. The summed E-state index contributed by atoms with van der Waals surface area (Å²) in [5, 5.41) is 5.65. The second kappa shape index (κ2) is 7.48. The number of hydrogen-bond donors (Lipinski definition) is 2. The lowest BCUT2D eigenvalue weighted by Crippen LogP contribution is -2.24. The summed E-state index contributed by atoms with van der Waals surface area (Å²) < 4.78 is 10.5. The van der Waals surface area contributed by atoms with Crippen LogP contribution >= 0.6 is 11.8 Å². The van der Waals surface area contributed by atoms with Crippen LogP contribution in [0, 0.1) is 0 Å². The zero-order valence-electron chi connectivity index (χ0n) is 13.9. The van der Waals surface area contributed by atoms with Crippen LogP contribution in [0.5, 0.6) is 11.5 Å². The minimum Gasteiger partial charge on any atom is -0.497 e. The van der Waals surface area contributed by atoms with Gasteiger partial charge < -0.3 is 20.1 Å². The molecule has 0 aromatic heterocycles. The highest BCUT2D eigenvalue weighted by molar-refractivity contribution is 8.00. The Balaban J connectivity index is 1.73. The zero-order valence-corrected chi connectivity index (χ0v) is 14.7. The molecule has 1 aliphatic heterocycles. The average Bonchev–Trinajstić information content (AvgIpc) is 2.65. The van der Waals surface area contributed by atoms with E-state index in [1.54, 1.807) is 38.5 Å². The van der Waals surface area contributed by atoms with Gasteiger partial charge in [-0.3, -0.25) is 9.59 Å². The maximum Gasteiger partial charge on any atom is 0.251 e. The van der Waals surface area contributed by atoms with E-state index in [0.29, 0.717) is 35.0 Å². The molecule has 2 aromatic rings. The van der Waals surface area contributed by atoms with Crippen molar-refractivity contribution >= 4 is 29.3 Å². The van der Waals surface area contributed by atoms with Crippen LogP contribution in [0.3, 0.4) is 0 Å². The van der Waals surface area contributed by atoms with E-state index in [0.717, 1.165) is 10.5 Å². The molecule has 0 atom stereocenters. The summed E-state index contributed by atoms with van der Waals surface area (Å²) in [4.78, 5) is 24.9. The predicted molar refractivity (Wildman–Crippen MR) is 96.5 cm³/mol. The molecule has 0 spiro atoms. The van der Waals surface area contributed by atoms with Gasteiger partial charge in [0.1, 0.15) is 11.5 Å². The molecule has 1 heterocycles. The second-order valence-corrected chi connectivity index (χ2v) is 6.43. The number of methoxy groups -OCH3 is 2. The zero-order chi connectivity index (χ0) is 17.8. The van der Waals surface area contributed by atoms with Crippen LogP contribution in [0.2, 0.25) is 0 Å². The summed E-state index contributed by atoms with van der Waals surface area (Å²) in [7, 11) is 3.17. The van der Waals surface area contributed by atoms with Crippen LogP contribution in [0.25, 0.3) is 0 Å². The highest BCUT2D eigenvalue weighted by Gasteiger charge is 2.17. The quantitative estimate of drug-likeness (QED) is 0.859. The van der Waals surface area contributed by atoms with E-state index in [2.05, 4.69) is 10.6 Å². The predicted octanol–water partition coefficient (Wildman–Crippen LogP) is 2.68. The summed E-state index contributed by atoms with van der Waals surface area (Å²) in [6.07, 6.45) is 0. The normalized spacial score (nSPS) is 12.8. The Morgan fingerprint density at radius 3 is 2.80 bits per heavy atom. The van der Waals surface area contributed by atoms with Gasteiger partial charge in [-0.15, -0.1) is 11.8 Å². The first-order valence-electron chi connectivity index (χ1n) is 7.66. The van der Waals surface area contributed by atoms with Crippen molar-refractivity contribution in [3.63, 3.8) is 0 Å². The minimum atomic E-state index is -0.225. The van der Waals surface area contributed by atoms with E-state index in [9.17, 15) is 9.59 Å². The van der Waals surface area contributed by atoms with Crippen molar-refractivity contribution in [3.05, 3.63) is 47.5 Å². The van der Waals surface area contributed by atoms with Crippen molar-refractivity contribution in [1.29, 1.82) is 0 Å². The molecular formula is C18H18N2O4S. The van der Waals surface area contributed by atoms with Gasteiger partial charge in [0.15, 0.2) is 0 Å². The van der Waals surface area contributed by atoms with Gasteiger partial charge in [0.25, 0.3) is 5.91 Å². The van der Waals surface area contributed by atoms with Crippen LogP contribution in [0.1, 0.15) is 15.9 Å². The number of benzene rings is 2. The Bertz CT molecular complexity index is 823. The van der Waals surface area contributed by atoms with Gasteiger partial charge in [-0.05, 0) is 36.4 Å². The Kier molecular flexibility index (Phi) is 5.14. The van der Waals surface area contributed by atoms with E-state index in [-0.39, 0.29) is 11.8 Å². The molecular weight excluding hydrogens is 340 g/mol. The molecule has 2 N–H and O–H groups in total. The number of thioether (sulfide) groups is 1. The van der Waals surface area contributed by atoms with E-state index >= 15 is 0 Å². The van der Waals surface area contributed by atoms with Gasteiger partial charge in [0.2, 0.25) is 5.91 Å². The maximum atomic E-state index is 12.4. The Hall–Kier alpha value is -2.67. The molecule has 0 saturated heterocycles. The lowest BCUT2D eigenvalue weighted by atomic mass is 10.1. The highest BCUT2D eigenvalue weighted by Crippen LogP contribution is 2.32. The number of rotatable bonds is 5. The molecule has 3 rings (SSSR count). The summed E-state index contributed by atoms with van der Waals surface area (Å²) in [6, 6.07) is 10.7. The van der Waals surface area contributed by atoms with Crippen molar-refractivity contribution in [2.45, 2.75) is 11.4 Å². The third-order valence-corrected chi connectivity index (χ3v) is 4.88. The summed E-state index contributed by atoms with van der Waals surface area (Å²) in [6.45, 7) is 0.303. The smallest absolute Gasteiger partial charge is 0.251 e. The van der Waals surface area contributed by atoms with Crippen molar-refractivity contribution in [3.8, 4) is 11.5 Å². The standard InChI is InChI=1S/C18H18N2O4S/c1-23-13-4-5-15(24-2)12(7-13)9-19-18(22)11-3-6-16-14(8-11)20-17(21)10-25-16/h3-8H,9-10H2,1-2H3,(H,19,22)(H,20,21). The molecule has 130 valence electrons. The van der Waals surface area contributed by atoms with Crippen LogP contribution in [-0.4, -0.2) is 31.8 Å². The Morgan fingerprint density at radius 2 is 2.04 bits per heavy atom.